The zero-order chi connectivity index (χ0) is 17.1. The summed E-state index contributed by atoms with van der Waals surface area (Å²) in [5.41, 5.74) is 2.31. The summed E-state index contributed by atoms with van der Waals surface area (Å²) < 4.78 is 8.54. The van der Waals surface area contributed by atoms with Gasteiger partial charge in [-0.15, -0.1) is 0 Å². The minimum atomic E-state index is -0.0643. The average Bonchev–Trinajstić information content (AvgIpc) is 2.83. The van der Waals surface area contributed by atoms with E-state index in [1.54, 1.807) is 29.6 Å². The number of hydrogen-bond donors (Lipinski definition) is 0. The molecule has 1 aromatic heterocycles. The normalized spacial score (nSPS) is 11.1. The Bertz CT molecular complexity index is 920. The molecule has 0 saturated carbocycles. The summed E-state index contributed by atoms with van der Waals surface area (Å²) >= 11 is 0. The molecule has 0 aliphatic heterocycles. The van der Waals surface area contributed by atoms with Crippen LogP contribution in [0.15, 0.2) is 64.4 Å². The summed E-state index contributed by atoms with van der Waals surface area (Å²) in [6, 6.07) is 17.1. The lowest BCUT2D eigenvalue weighted by molar-refractivity contribution is 0.415. The molecule has 3 aromatic rings. The molecule has 0 spiro atoms. The Morgan fingerprint density at radius 2 is 1.71 bits per heavy atom. The molecule has 122 valence electrons. The third-order valence-corrected chi connectivity index (χ3v) is 3.91. The number of nitrogens with zero attached hydrogens (tertiary/aromatic N) is 3. The van der Waals surface area contributed by atoms with Gasteiger partial charge < -0.3 is 4.74 Å². The van der Waals surface area contributed by atoms with Crippen LogP contribution in [0.3, 0.4) is 0 Å². The molecule has 0 atom stereocenters. The lowest BCUT2D eigenvalue weighted by Crippen LogP contribution is -2.19. The summed E-state index contributed by atoms with van der Waals surface area (Å²) in [5, 5.41) is 0. The van der Waals surface area contributed by atoms with E-state index in [2.05, 4.69) is 4.99 Å². The van der Waals surface area contributed by atoms with Crippen molar-refractivity contribution in [3.63, 3.8) is 0 Å². The molecular formula is C19H19N3O2. The maximum absolute atomic E-state index is 12.6. The summed E-state index contributed by atoms with van der Waals surface area (Å²) in [4.78, 5) is 17.1. The predicted octanol–water partition coefficient (Wildman–Crippen LogP) is 3.24. The van der Waals surface area contributed by atoms with E-state index in [0.717, 1.165) is 17.0 Å². The zero-order valence-electron chi connectivity index (χ0n) is 13.9. The number of benzene rings is 2. The van der Waals surface area contributed by atoms with E-state index in [4.69, 9.17) is 4.74 Å². The van der Waals surface area contributed by atoms with E-state index in [9.17, 15) is 4.79 Å². The van der Waals surface area contributed by atoms with Crippen LogP contribution in [-0.4, -0.2) is 22.7 Å². The van der Waals surface area contributed by atoms with Crippen LogP contribution >= 0.6 is 0 Å². The highest BCUT2D eigenvalue weighted by Gasteiger charge is 2.14. The predicted molar refractivity (Wildman–Crippen MR) is 96.0 cm³/mol. The van der Waals surface area contributed by atoms with Crippen molar-refractivity contribution in [2.45, 2.75) is 6.92 Å². The highest BCUT2D eigenvalue weighted by atomic mass is 16.5. The van der Waals surface area contributed by atoms with Crippen LogP contribution in [0.4, 0.5) is 5.82 Å². The molecule has 5 heteroatoms. The van der Waals surface area contributed by atoms with Gasteiger partial charge in [0.2, 0.25) is 0 Å². The lowest BCUT2D eigenvalue weighted by atomic mass is 10.2. The molecule has 0 radical (unpaired) electrons. The van der Waals surface area contributed by atoms with Crippen molar-refractivity contribution < 1.29 is 4.74 Å². The Morgan fingerprint density at radius 1 is 1.04 bits per heavy atom. The zero-order valence-corrected chi connectivity index (χ0v) is 13.9. The summed E-state index contributed by atoms with van der Waals surface area (Å²) in [7, 11) is 3.47. The number of hydrogen-bond acceptors (Lipinski definition) is 3. The number of para-hydroxylation sites is 1. The summed E-state index contributed by atoms with van der Waals surface area (Å²) in [6.07, 6.45) is 1.75. The van der Waals surface area contributed by atoms with Gasteiger partial charge in [0, 0.05) is 13.3 Å². The van der Waals surface area contributed by atoms with Gasteiger partial charge >= 0.3 is 0 Å². The first-order chi connectivity index (χ1) is 11.6. The van der Waals surface area contributed by atoms with Gasteiger partial charge in [0.05, 0.1) is 18.4 Å². The standard InChI is InChI=1S/C19H19N3O2/c1-14-18(20-13-15-9-11-17(24-3)12-10-15)21(2)22(19(14)23)16-7-5-4-6-8-16/h4-13H,1-3H3. The maximum atomic E-state index is 12.6. The monoisotopic (exact) mass is 321 g/mol. The Hall–Kier alpha value is -3.08. The van der Waals surface area contributed by atoms with Gasteiger partial charge in [-0.2, -0.15) is 0 Å². The summed E-state index contributed by atoms with van der Waals surface area (Å²) in [5.74, 6) is 1.44. The molecule has 24 heavy (non-hydrogen) atoms. The number of aromatic nitrogens is 2. The summed E-state index contributed by atoms with van der Waals surface area (Å²) in [6.45, 7) is 1.79. The fourth-order valence-electron chi connectivity index (χ4n) is 2.59. The molecule has 0 unspecified atom stereocenters. The van der Waals surface area contributed by atoms with Crippen molar-refractivity contribution in [1.29, 1.82) is 0 Å². The first-order valence-corrected chi connectivity index (χ1v) is 7.64. The molecule has 0 bridgehead atoms. The molecule has 5 nitrogen and oxygen atoms in total. The molecule has 0 N–H and O–H groups in total. The van der Waals surface area contributed by atoms with Crippen LogP contribution in [0.1, 0.15) is 11.1 Å². The lowest BCUT2D eigenvalue weighted by Gasteiger charge is -2.07. The smallest absolute Gasteiger partial charge is 0.276 e. The van der Waals surface area contributed by atoms with Gasteiger partial charge in [0.25, 0.3) is 5.56 Å². The molecule has 0 saturated heterocycles. The highest BCUT2D eigenvalue weighted by Crippen LogP contribution is 2.18. The van der Waals surface area contributed by atoms with Crippen molar-refractivity contribution in [2.75, 3.05) is 7.11 Å². The first-order valence-electron chi connectivity index (χ1n) is 7.64. The molecule has 1 heterocycles. The van der Waals surface area contributed by atoms with Crippen molar-refractivity contribution in [3.05, 3.63) is 76.1 Å². The second kappa shape index (κ2) is 6.58. The van der Waals surface area contributed by atoms with E-state index in [1.807, 2.05) is 61.6 Å². The van der Waals surface area contributed by atoms with Gasteiger partial charge in [-0.05, 0) is 48.9 Å². The molecule has 0 amide bonds. The van der Waals surface area contributed by atoms with E-state index < -0.39 is 0 Å². The topological polar surface area (TPSA) is 48.5 Å². The molecule has 0 fully saturated rings. The van der Waals surface area contributed by atoms with Crippen LogP contribution in [0.25, 0.3) is 5.69 Å². The Balaban J connectivity index is 2.00. The fraction of sp³-hybridized carbons (Fsp3) is 0.158. The quantitative estimate of drug-likeness (QED) is 0.693. The SMILES string of the molecule is COc1ccc(C=Nc2c(C)c(=O)n(-c3ccccc3)n2C)cc1. The molecule has 0 aliphatic carbocycles. The fourth-order valence-corrected chi connectivity index (χ4v) is 2.59. The Morgan fingerprint density at radius 3 is 2.33 bits per heavy atom. The van der Waals surface area contributed by atoms with E-state index in [-0.39, 0.29) is 5.56 Å². The van der Waals surface area contributed by atoms with E-state index in [1.165, 1.54) is 0 Å². The second-order valence-corrected chi connectivity index (χ2v) is 5.46. The average molecular weight is 321 g/mol. The first kappa shape index (κ1) is 15.8. The Kier molecular flexibility index (Phi) is 4.33. The molecular weight excluding hydrogens is 302 g/mol. The van der Waals surface area contributed by atoms with Crippen LogP contribution < -0.4 is 10.3 Å². The molecule has 3 rings (SSSR count). The third-order valence-electron chi connectivity index (χ3n) is 3.91. The van der Waals surface area contributed by atoms with Crippen LogP contribution in [0, 0.1) is 6.92 Å². The van der Waals surface area contributed by atoms with E-state index in [0.29, 0.717) is 11.4 Å². The van der Waals surface area contributed by atoms with Crippen molar-refractivity contribution in [3.8, 4) is 11.4 Å². The van der Waals surface area contributed by atoms with Crippen LogP contribution in [0.5, 0.6) is 5.75 Å². The maximum Gasteiger partial charge on any atom is 0.276 e. The van der Waals surface area contributed by atoms with Gasteiger partial charge in [0.1, 0.15) is 5.75 Å². The van der Waals surface area contributed by atoms with Gasteiger partial charge in [-0.3, -0.25) is 9.48 Å². The number of rotatable bonds is 4. The Labute approximate surface area is 140 Å². The van der Waals surface area contributed by atoms with Crippen molar-refractivity contribution in [1.82, 2.24) is 9.36 Å². The largest absolute Gasteiger partial charge is 0.497 e. The minimum Gasteiger partial charge on any atom is -0.497 e. The van der Waals surface area contributed by atoms with Gasteiger partial charge in [-0.25, -0.2) is 9.67 Å². The van der Waals surface area contributed by atoms with Gasteiger partial charge in [0.15, 0.2) is 5.82 Å². The second-order valence-electron chi connectivity index (χ2n) is 5.46. The minimum absolute atomic E-state index is 0.0643. The number of ether oxygens (including phenoxy) is 1. The van der Waals surface area contributed by atoms with Crippen molar-refractivity contribution >= 4 is 12.0 Å². The number of aliphatic imine (C=N–C) groups is 1. The molecule has 2 aromatic carbocycles. The molecule has 0 aliphatic rings. The van der Waals surface area contributed by atoms with Gasteiger partial charge in [-0.1, -0.05) is 18.2 Å². The highest BCUT2D eigenvalue weighted by molar-refractivity contribution is 5.82. The third kappa shape index (κ3) is 2.88. The van der Waals surface area contributed by atoms with Crippen molar-refractivity contribution in [2.24, 2.45) is 12.0 Å². The van der Waals surface area contributed by atoms with E-state index >= 15 is 0 Å². The number of methoxy groups -OCH3 is 1. The van der Waals surface area contributed by atoms with Crippen LogP contribution in [0.2, 0.25) is 0 Å². The van der Waals surface area contributed by atoms with Crippen LogP contribution in [-0.2, 0) is 7.05 Å².